The van der Waals surface area contributed by atoms with Crippen LogP contribution in [-0.4, -0.2) is 15.9 Å². The van der Waals surface area contributed by atoms with Crippen LogP contribution < -0.4 is 4.74 Å². The molecule has 0 aliphatic heterocycles. The molecule has 0 spiro atoms. The number of aromatic nitrogens is 2. The van der Waals surface area contributed by atoms with Crippen molar-refractivity contribution in [2.45, 2.75) is 58.3 Å². The van der Waals surface area contributed by atoms with E-state index in [4.69, 9.17) is 16.3 Å². The molecule has 1 aliphatic carbocycles. The van der Waals surface area contributed by atoms with Gasteiger partial charge in [-0.15, -0.1) is 0 Å². The second kappa shape index (κ2) is 11.1. The first-order valence-electron chi connectivity index (χ1n) is 10.6. The minimum Gasteiger partial charge on any atom is -0.421 e. The van der Waals surface area contributed by atoms with E-state index in [-0.39, 0.29) is 5.82 Å². The zero-order valence-electron chi connectivity index (χ0n) is 17.0. The van der Waals surface area contributed by atoms with Gasteiger partial charge in [-0.25, -0.2) is 14.8 Å². The van der Waals surface area contributed by atoms with Crippen molar-refractivity contribution in [3.05, 3.63) is 59.1 Å². The quantitative estimate of drug-likeness (QED) is 0.273. The first kappa shape index (κ1) is 21.5. The van der Waals surface area contributed by atoms with Gasteiger partial charge in [-0.05, 0) is 61.8 Å². The molecule has 3 rings (SSSR count). The Labute approximate surface area is 178 Å². The van der Waals surface area contributed by atoms with Crippen LogP contribution in [0.25, 0.3) is 6.08 Å². The number of hydrogen-bond acceptors (Lipinski definition) is 4. The van der Waals surface area contributed by atoms with Gasteiger partial charge < -0.3 is 4.74 Å². The molecule has 29 heavy (non-hydrogen) atoms. The average Bonchev–Trinajstić information content (AvgIpc) is 2.75. The Kier molecular flexibility index (Phi) is 8.24. The number of carbonyl (C=O) groups excluding carboxylic acids is 1. The molecular formula is C24H29ClN2O2. The summed E-state index contributed by atoms with van der Waals surface area (Å²) in [5.74, 6) is 1.43. The van der Waals surface area contributed by atoms with Crippen LogP contribution in [0.3, 0.4) is 0 Å². The standard InChI is InChI=1S/C24H29ClN2O2/c1-2-3-4-5-18-6-8-19(9-7-18)10-11-20-16-26-23(27-17-20)24(28)29-22-14-12-21(25)13-15-22/h10-19H,2-9H2,1H3/b11-10+. The van der Waals surface area contributed by atoms with E-state index in [0.29, 0.717) is 16.7 Å². The lowest BCUT2D eigenvalue weighted by Crippen LogP contribution is -2.13. The molecule has 0 bridgehead atoms. The zero-order chi connectivity index (χ0) is 20.5. The molecule has 0 saturated heterocycles. The lowest BCUT2D eigenvalue weighted by Gasteiger charge is -2.26. The fourth-order valence-corrected chi connectivity index (χ4v) is 3.91. The van der Waals surface area contributed by atoms with E-state index in [0.717, 1.165) is 11.5 Å². The molecule has 0 unspecified atom stereocenters. The van der Waals surface area contributed by atoms with Crippen LogP contribution in [-0.2, 0) is 0 Å². The van der Waals surface area contributed by atoms with Crippen LogP contribution >= 0.6 is 11.6 Å². The molecule has 1 fully saturated rings. The Balaban J connectivity index is 1.46. The third-order valence-electron chi connectivity index (χ3n) is 5.55. The fraction of sp³-hybridized carbons (Fsp3) is 0.458. The van der Waals surface area contributed by atoms with E-state index < -0.39 is 5.97 Å². The molecule has 1 aliphatic rings. The van der Waals surface area contributed by atoms with Crippen LogP contribution in [0.1, 0.15) is 74.5 Å². The molecule has 1 aromatic heterocycles. The number of nitrogens with zero attached hydrogens (tertiary/aromatic N) is 2. The molecule has 2 aromatic rings. The number of esters is 1. The van der Waals surface area contributed by atoms with Crippen molar-refractivity contribution < 1.29 is 9.53 Å². The maximum absolute atomic E-state index is 12.1. The predicted octanol–water partition coefficient (Wildman–Crippen LogP) is 6.75. The fourth-order valence-electron chi connectivity index (χ4n) is 3.78. The zero-order valence-corrected chi connectivity index (χ0v) is 17.8. The highest BCUT2D eigenvalue weighted by atomic mass is 35.5. The third-order valence-corrected chi connectivity index (χ3v) is 5.80. The van der Waals surface area contributed by atoms with E-state index in [2.05, 4.69) is 29.0 Å². The average molecular weight is 413 g/mol. The Bertz CT molecular complexity index is 795. The monoisotopic (exact) mass is 412 g/mol. The van der Waals surface area contributed by atoms with Crippen molar-refractivity contribution in [1.82, 2.24) is 9.97 Å². The Morgan fingerprint density at radius 3 is 2.45 bits per heavy atom. The molecule has 1 saturated carbocycles. The van der Waals surface area contributed by atoms with E-state index in [1.54, 1.807) is 36.7 Å². The van der Waals surface area contributed by atoms with Crippen molar-refractivity contribution >= 4 is 23.6 Å². The molecule has 1 heterocycles. The number of halogens is 1. The van der Waals surface area contributed by atoms with Crippen LogP contribution in [0.5, 0.6) is 5.75 Å². The molecule has 0 N–H and O–H groups in total. The summed E-state index contributed by atoms with van der Waals surface area (Å²) in [6, 6.07) is 6.60. The van der Waals surface area contributed by atoms with Crippen LogP contribution in [0.4, 0.5) is 0 Å². The van der Waals surface area contributed by atoms with Crippen molar-refractivity contribution in [1.29, 1.82) is 0 Å². The van der Waals surface area contributed by atoms with Gasteiger partial charge in [-0.2, -0.15) is 0 Å². The first-order chi connectivity index (χ1) is 14.1. The van der Waals surface area contributed by atoms with Gasteiger partial charge >= 0.3 is 5.97 Å². The largest absolute Gasteiger partial charge is 0.421 e. The van der Waals surface area contributed by atoms with E-state index in [1.165, 1.54) is 51.4 Å². The predicted molar refractivity (Wildman–Crippen MR) is 117 cm³/mol. The van der Waals surface area contributed by atoms with Gasteiger partial charge in [-0.3, -0.25) is 0 Å². The summed E-state index contributed by atoms with van der Waals surface area (Å²) in [5, 5.41) is 0.585. The number of allylic oxidation sites excluding steroid dienone is 1. The highest BCUT2D eigenvalue weighted by Gasteiger charge is 2.19. The number of ether oxygens (including phenoxy) is 1. The molecule has 0 amide bonds. The van der Waals surface area contributed by atoms with Gasteiger partial charge in [0, 0.05) is 23.0 Å². The van der Waals surface area contributed by atoms with E-state index >= 15 is 0 Å². The van der Waals surface area contributed by atoms with Crippen molar-refractivity contribution in [3.8, 4) is 5.75 Å². The van der Waals surface area contributed by atoms with Crippen LogP contribution in [0.2, 0.25) is 5.02 Å². The van der Waals surface area contributed by atoms with Crippen molar-refractivity contribution in [2.75, 3.05) is 0 Å². The highest BCUT2D eigenvalue weighted by molar-refractivity contribution is 6.30. The molecule has 1 aromatic carbocycles. The second-order valence-corrected chi connectivity index (χ2v) is 8.26. The maximum Gasteiger partial charge on any atom is 0.381 e. The maximum atomic E-state index is 12.1. The third kappa shape index (κ3) is 6.97. The topological polar surface area (TPSA) is 52.1 Å². The normalized spacial score (nSPS) is 19.4. The van der Waals surface area contributed by atoms with Gasteiger partial charge in [0.25, 0.3) is 0 Å². The summed E-state index contributed by atoms with van der Waals surface area (Å²) in [6.45, 7) is 2.26. The van der Waals surface area contributed by atoms with Crippen LogP contribution in [0.15, 0.2) is 42.7 Å². The molecule has 0 atom stereocenters. The molecular weight excluding hydrogens is 384 g/mol. The number of rotatable bonds is 8. The Hall–Kier alpha value is -2.20. The summed E-state index contributed by atoms with van der Waals surface area (Å²) in [5.41, 5.74) is 0.901. The minimum absolute atomic E-state index is 0.0460. The summed E-state index contributed by atoms with van der Waals surface area (Å²) < 4.78 is 5.25. The summed E-state index contributed by atoms with van der Waals surface area (Å²) in [4.78, 5) is 20.4. The van der Waals surface area contributed by atoms with Gasteiger partial charge in [0.05, 0.1) is 0 Å². The van der Waals surface area contributed by atoms with Crippen LogP contribution in [0, 0.1) is 11.8 Å². The minimum atomic E-state index is -0.579. The second-order valence-electron chi connectivity index (χ2n) is 7.82. The molecule has 154 valence electrons. The molecule has 5 heteroatoms. The Morgan fingerprint density at radius 2 is 1.79 bits per heavy atom. The molecule has 0 radical (unpaired) electrons. The Morgan fingerprint density at radius 1 is 1.10 bits per heavy atom. The number of hydrogen-bond donors (Lipinski definition) is 0. The molecule has 4 nitrogen and oxygen atoms in total. The lowest BCUT2D eigenvalue weighted by atomic mass is 9.79. The van der Waals surface area contributed by atoms with Gasteiger partial charge in [0.1, 0.15) is 5.75 Å². The van der Waals surface area contributed by atoms with E-state index in [9.17, 15) is 4.79 Å². The first-order valence-corrected chi connectivity index (χ1v) is 11.0. The van der Waals surface area contributed by atoms with Gasteiger partial charge in [-0.1, -0.05) is 56.4 Å². The van der Waals surface area contributed by atoms with Gasteiger partial charge in [0.15, 0.2) is 0 Å². The smallest absolute Gasteiger partial charge is 0.381 e. The number of unbranched alkanes of at least 4 members (excludes halogenated alkanes) is 2. The summed E-state index contributed by atoms with van der Waals surface area (Å²) in [6.07, 6.45) is 18.3. The number of carbonyl (C=O) groups is 1. The van der Waals surface area contributed by atoms with E-state index in [1.807, 2.05) is 0 Å². The summed E-state index contributed by atoms with van der Waals surface area (Å²) in [7, 11) is 0. The lowest BCUT2D eigenvalue weighted by molar-refractivity contribution is 0.0722. The number of benzene rings is 1. The van der Waals surface area contributed by atoms with Gasteiger partial charge in [0.2, 0.25) is 5.82 Å². The SMILES string of the molecule is CCCCCC1CCC(/C=C/c2cnc(C(=O)Oc3ccc(Cl)cc3)nc2)CC1. The van der Waals surface area contributed by atoms with Crippen molar-refractivity contribution in [3.63, 3.8) is 0 Å². The summed E-state index contributed by atoms with van der Waals surface area (Å²) >= 11 is 5.83. The van der Waals surface area contributed by atoms with Crippen molar-refractivity contribution in [2.24, 2.45) is 11.8 Å². The highest BCUT2D eigenvalue weighted by Crippen LogP contribution is 2.33.